The Morgan fingerprint density at radius 3 is 2.21 bits per heavy atom. The topological polar surface area (TPSA) is 46.5 Å². The number of ether oxygens (including phenoxy) is 1. The number of methoxy groups -OCH3 is 1. The first kappa shape index (κ1) is 12.9. The van der Waals surface area contributed by atoms with Gasteiger partial charge in [-0.25, -0.2) is 0 Å². The van der Waals surface area contributed by atoms with E-state index in [0.29, 0.717) is 16.9 Å². The summed E-state index contributed by atoms with van der Waals surface area (Å²) in [5.41, 5.74) is 1.12. The van der Waals surface area contributed by atoms with Crippen molar-refractivity contribution >= 4 is 11.5 Å². The largest absolute Gasteiger partial charge is 0.507 e. The Morgan fingerprint density at radius 1 is 1.00 bits per heavy atom. The molecule has 2 rings (SSSR count). The van der Waals surface area contributed by atoms with Crippen molar-refractivity contribution in [3.05, 3.63) is 71.8 Å². The van der Waals surface area contributed by atoms with Crippen LogP contribution in [0, 0.1) is 0 Å². The van der Waals surface area contributed by atoms with Gasteiger partial charge in [0.2, 0.25) is 0 Å². The van der Waals surface area contributed by atoms with E-state index in [1.165, 1.54) is 6.08 Å². The predicted octanol–water partition coefficient (Wildman–Crippen LogP) is 3.48. The van der Waals surface area contributed by atoms with Crippen molar-refractivity contribution < 1.29 is 14.6 Å². The van der Waals surface area contributed by atoms with Crippen molar-refractivity contribution in [1.29, 1.82) is 0 Å². The van der Waals surface area contributed by atoms with Crippen LogP contribution in [0.15, 0.2) is 60.7 Å². The SMILES string of the molecule is COc1ccc(C(=O)/C=C(\O)c2ccccc2)cc1. The Balaban J connectivity index is 2.20. The van der Waals surface area contributed by atoms with E-state index in [4.69, 9.17) is 4.74 Å². The van der Waals surface area contributed by atoms with Gasteiger partial charge in [0.05, 0.1) is 7.11 Å². The maximum absolute atomic E-state index is 12.0. The van der Waals surface area contributed by atoms with Crippen LogP contribution in [0.1, 0.15) is 15.9 Å². The van der Waals surface area contributed by atoms with Gasteiger partial charge in [-0.1, -0.05) is 30.3 Å². The van der Waals surface area contributed by atoms with Gasteiger partial charge in [-0.3, -0.25) is 4.79 Å². The quantitative estimate of drug-likeness (QED) is 0.516. The Bertz CT molecular complexity index is 583. The highest BCUT2D eigenvalue weighted by Crippen LogP contribution is 2.15. The molecule has 0 aromatic heterocycles. The summed E-state index contributed by atoms with van der Waals surface area (Å²) in [6, 6.07) is 15.7. The fourth-order valence-electron chi connectivity index (χ4n) is 1.66. The lowest BCUT2D eigenvalue weighted by Gasteiger charge is -2.02. The summed E-state index contributed by atoms with van der Waals surface area (Å²) in [7, 11) is 1.57. The highest BCUT2D eigenvalue weighted by atomic mass is 16.5. The Kier molecular flexibility index (Phi) is 3.98. The molecule has 3 heteroatoms. The molecule has 0 spiro atoms. The molecule has 0 saturated heterocycles. The van der Waals surface area contributed by atoms with E-state index in [2.05, 4.69) is 0 Å². The van der Waals surface area contributed by atoms with Crippen molar-refractivity contribution in [3.8, 4) is 5.75 Å². The van der Waals surface area contributed by atoms with E-state index in [1.807, 2.05) is 6.07 Å². The number of carbonyl (C=O) groups excluding carboxylic acids is 1. The maximum atomic E-state index is 12.0. The van der Waals surface area contributed by atoms with E-state index >= 15 is 0 Å². The number of benzene rings is 2. The zero-order valence-electron chi connectivity index (χ0n) is 10.5. The van der Waals surface area contributed by atoms with Gasteiger partial charge in [0.25, 0.3) is 0 Å². The normalized spacial score (nSPS) is 11.1. The molecule has 19 heavy (non-hydrogen) atoms. The molecule has 0 bridgehead atoms. The third-order valence-corrected chi connectivity index (χ3v) is 2.71. The fourth-order valence-corrected chi connectivity index (χ4v) is 1.66. The molecule has 1 N–H and O–H groups in total. The van der Waals surface area contributed by atoms with E-state index in [1.54, 1.807) is 55.6 Å². The van der Waals surface area contributed by atoms with Crippen LogP contribution in [0.2, 0.25) is 0 Å². The molecule has 2 aromatic rings. The number of allylic oxidation sites excluding steroid dienone is 1. The number of aliphatic hydroxyl groups is 1. The maximum Gasteiger partial charge on any atom is 0.189 e. The summed E-state index contributed by atoms with van der Waals surface area (Å²) in [4.78, 5) is 12.0. The van der Waals surface area contributed by atoms with Gasteiger partial charge >= 0.3 is 0 Å². The fraction of sp³-hybridized carbons (Fsp3) is 0.0625. The van der Waals surface area contributed by atoms with E-state index < -0.39 is 0 Å². The molecule has 96 valence electrons. The van der Waals surface area contributed by atoms with Crippen molar-refractivity contribution in [2.45, 2.75) is 0 Å². The van der Waals surface area contributed by atoms with Crippen LogP contribution in [-0.2, 0) is 0 Å². The van der Waals surface area contributed by atoms with Crippen LogP contribution >= 0.6 is 0 Å². The standard InChI is InChI=1S/C16H14O3/c1-19-14-9-7-13(8-10-14)16(18)11-15(17)12-5-3-2-4-6-12/h2-11,17H,1H3/b15-11-. The van der Waals surface area contributed by atoms with Crippen molar-refractivity contribution in [1.82, 2.24) is 0 Å². The first-order valence-electron chi connectivity index (χ1n) is 5.85. The molecule has 0 saturated carbocycles. The summed E-state index contributed by atoms with van der Waals surface area (Å²) in [6.45, 7) is 0. The van der Waals surface area contributed by atoms with Crippen LogP contribution in [0.4, 0.5) is 0 Å². The molecule has 0 aliphatic heterocycles. The molecule has 0 atom stereocenters. The average molecular weight is 254 g/mol. The lowest BCUT2D eigenvalue weighted by atomic mass is 10.1. The van der Waals surface area contributed by atoms with Gasteiger partial charge in [0.15, 0.2) is 5.78 Å². The van der Waals surface area contributed by atoms with Gasteiger partial charge in [-0.05, 0) is 24.3 Å². The highest BCUT2D eigenvalue weighted by molar-refractivity contribution is 6.07. The number of aliphatic hydroxyl groups excluding tert-OH is 1. The summed E-state index contributed by atoms with van der Waals surface area (Å²) in [5.74, 6) is 0.401. The Morgan fingerprint density at radius 2 is 1.63 bits per heavy atom. The number of hydrogen-bond acceptors (Lipinski definition) is 3. The second-order valence-corrected chi connectivity index (χ2v) is 3.99. The smallest absolute Gasteiger partial charge is 0.189 e. The molecule has 3 nitrogen and oxygen atoms in total. The monoisotopic (exact) mass is 254 g/mol. The molecule has 0 fully saturated rings. The molecule has 0 unspecified atom stereocenters. The second-order valence-electron chi connectivity index (χ2n) is 3.99. The van der Waals surface area contributed by atoms with Crippen LogP contribution in [-0.4, -0.2) is 18.0 Å². The third kappa shape index (κ3) is 3.22. The summed E-state index contributed by atoms with van der Waals surface area (Å²) in [5, 5.41) is 9.87. The van der Waals surface area contributed by atoms with Crippen LogP contribution in [0.3, 0.4) is 0 Å². The van der Waals surface area contributed by atoms with E-state index in [9.17, 15) is 9.90 Å². The number of carbonyl (C=O) groups is 1. The van der Waals surface area contributed by atoms with Crippen molar-refractivity contribution in [2.24, 2.45) is 0 Å². The molecule has 0 aliphatic carbocycles. The molecule has 0 heterocycles. The Labute approximate surface area is 111 Å². The van der Waals surface area contributed by atoms with E-state index in [-0.39, 0.29) is 11.5 Å². The number of ketones is 1. The summed E-state index contributed by atoms with van der Waals surface area (Å²) >= 11 is 0. The molecule has 0 aliphatic rings. The Hall–Kier alpha value is -2.55. The summed E-state index contributed by atoms with van der Waals surface area (Å²) in [6.07, 6.45) is 1.22. The first-order valence-corrected chi connectivity index (χ1v) is 5.85. The third-order valence-electron chi connectivity index (χ3n) is 2.71. The minimum atomic E-state index is -0.246. The van der Waals surface area contributed by atoms with Crippen molar-refractivity contribution in [2.75, 3.05) is 7.11 Å². The first-order chi connectivity index (χ1) is 9.20. The second kappa shape index (κ2) is 5.87. The molecule has 0 radical (unpaired) electrons. The summed E-state index contributed by atoms with van der Waals surface area (Å²) < 4.78 is 5.02. The zero-order chi connectivity index (χ0) is 13.7. The number of hydrogen-bond donors (Lipinski definition) is 1. The highest BCUT2D eigenvalue weighted by Gasteiger charge is 2.06. The molecule has 0 amide bonds. The minimum Gasteiger partial charge on any atom is -0.507 e. The molecule has 2 aromatic carbocycles. The van der Waals surface area contributed by atoms with Gasteiger partial charge in [-0.2, -0.15) is 0 Å². The number of rotatable bonds is 4. The lowest BCUT2D eigenvalue weighted by molar-refractivity contribution is 0.104. The predicted molar refractivity (Wildman–Crippen MR) is 74.4 cm³/mol. The van der Waals surface area contributed by atoms with E-state index in [0.717, 1.165) is 0 Å². The molecular weight excluding hydrogens is 240 g/mol. The van der Waals surface area contributed by atoms with Gasteiger partial charge in [0.1, 0.15) is 11.5 Å². The van der Waals surface area contributed by atoms with Crippen molar-refractivity contribution in [3.63, 3.8) is 0 Å². The zero-order valence-corrected chi connectivity index (χ0v) is 10.5. The van der Waals surface area contributed by atoms with Gasteiger partial charge in [0, 0.05) is 17.2 Å². The van der Waals surface area contributed by atoms with Crippen LogP contribution in [0.25, 0.3) is 5.76 Å². The van der Waals surface area contributed by atoms with Gasteiger partial charge < -0.3 is 9.84 Å². The molecular formula is C16H14O3. The average Bonchev–Trinajstić information content (AvgIpc) is 2.48. The van der Waals surface area contributed by atoms with Crippen LogP contribution in [0.5, 0.6) is 5.75 Å². The van der Waals surface area contributed by atoms with Crippen LogP contribution < -0.4 is 4.74 Å². The van der Waals surface area contributed by atoms with Gasteiger partial charge in [-0.15, -0.1) is 0 Å². The lowest BCUT2D eigenvalue weighted by Crippen LogP contribution is -1.96. The minimum absolute atomic E-state index is 0.0404.